The van der Waals surface area contributed by atoms with E-state index in [1.54, 1.807) is 17.4 Å². The van der Waals surface area contributed by atoms with E-state index in [-0.39, 0.29) is 17.2 Å². The largest absolute Gasteiger partial charge is 0.350 e. The molecule has 0 aliphatic heterocycles. The summed E-state index contributed by atoms with van der Waals surface area (Å²) in [6.07, 6.45) is 0.963. The van der Waals surface area contributed by atoms with Crippen molar-refractivity contribution >= 4 is 34.5 Å². The second-order valence-corrected chi connectivity index (χ2v) is 8.33. The van der Waals surface area contributed by atoms with Crippen LogP contribution in [0.4, 0.5) is 0 Å². The van der Waals surface area contributed by atoms with E-state index in [2.05, 4.69) is 39.7 Å². The molecular formula is C20H19N5O2S2. The first-order valence-electron chi connectivity index (χ1n) is 9.13. The molecule has 0 saturated heterocycles. The summed E-state index contributed by atoms with van der Waals surface area (Å²) in [4.78, 5) is 25.4. The molecule has 0 saturated carbocycles. The van der Waals surface area contributed by atoms with E-state index in [0.717, 1.165) is 16.9 Å². The van der Waals surface area contributed by atoms with Crippen molar-refractivity contribution in [2.75, 3.05) is 5.75 Å². The number of carbonyl (C=O) groups excluding carboxylic acids is 1. The molecule has 3 heterocycles. The molecule has 29 heavy (non-hydrogen) atoms. The fourth-order valence-corrected chi connectivity index (χ4v) is 4.20. The van der Waals surface area contributed by atoms with Gasteiger partial charge in [0.25, 0.3) is 5.56 Å². The highest BCUT2D eigenvalue weighted by Crippen LogP contribution is 2.22. The van der Waals surface area contributed by atoms with Crippen LogP contribution in [0.3, 0.4) is 0 Å². The van der Waals surface area contributed by atoms with Crippen LogP contribution in [0.2, 0.25) is 0 Å². The van der Waals surface area contributed by atoms with Gasteiger partial charge in [-0.2, -0.15) is 5.10 Å². The first-order valence-corrected chi connectivity index (χ1v) is 11.0. The summed E-state index contributed by atoms with van der Waals surface area (Å²) < 4.78 is 1.50. The van der Waals surface area contributed by atoms with Gasteiger partial charge in [-0.3, -0.25) is 9.59 Å². The van der Waals surface area contributed by atoms with Crippen LogP contribution in [-0.2, 0) is 17.8 Å². The number of hydrogen-bond acceptors (Lipinski definition) is 6. The molecule has 148 valence electrons. The highest BCUT2D eigenvalue weighted by molar-refractivity contribution is 7.99. The van der Waals surface area contributed by atoms with Gasteiger partial charge in [-0.15, -0.1) is 16.4 Å². The maximum Gasteiger partial charge on any atom is 0.290 e. The highest BCUT2D eigenvalue weighted by atomic mass is 32.2. The number of rotatable bonds is 7. The Morgan fingerprint density at radius 3 is 2.83 bits per heavy atom. The molecule has 9 heteroatoms. The highest BCUT2D eigenvalue weighted by Gasteiger charge is 2.14. The van der Waals surface area contributed by atoms with Crippen molar-refractivity contribution in [2.24, 2.45) is 0 Å². The minimum Gasteiger partial charge on any atom is -0.350 e. The molecule has 0 aliphatic carbocycles. The molecule has 0 aliphatic rings. The van der Waals surface area contributed by atoms with Gasteiger partial charge in [-0.05, 0) is 29.5 Å². The standard InChI is InChI=1S/C20H19N5O2S2/c1-2-13-5-7-14(8-6-13)16-10-17-19(27)22-23-20(25(17)24-16)29-12-18(26)21-11-15-4-3-9-28-15/h3-10H,2,11-12H2,1H3,(H,21,26)(H,22,27). The molecule has 3 aromatic heterocycles. The van der Waals surface area contributed by atoms with Crippen LogP contribution >= 0.6 is 23.1 Å². The molecule has 4 rings (SSSR count). The van der Waals surface area contributed by atoms with Crippen LogP contribution in [-0.4, -0.2) is 31.5 Å². The number of thioether (sulfide) groups is 1. The third-order valence-electron chi connectivity index (χ3n) is 4.41. The van der Waals surface area contributed by atoms with Crippen molar-refractivity contribution in [1.82, 2.24) is 25.1 Å². The van der Waals surface area contributed by atoms with Gasteiger partial charge >= 0.3 is 0 Å². The number of carbonyl (C=O) groups is 1. The second kappa shape index (κ2) is 8.62. The molecule has 0 radical (unpaired) electrons. The predicted molar refractivity (Wildman–Crippen MR) is 115 cm³/mol. The van der Waals surface area contributed by atoms with E-state index in [4.69, 9.17) is 0 Å². The van der Waals surface area contributed by atoms with E-state index in [9.17, 15) is 9.59 Å². The number of hydrogen-bond donors (Lipinski definition) is 2. The molecule has 4 aromatic rings. The third-order valence-corrected chi connectivity index (χ3v) is 6.21. The Balaban J connectivity index is 1.51. The number of H-pyrrole nitrogens is 1. The summed E-state index contributed by atoms with van der Waals surface area (Å²) in [5.74, 6) is 0.0759. The number of thiophene rings is 1. The van der Waals surface area contributed by atoms with E-state index in [0.29, 0.717) is 22.9 Å². The monoisotopic (exact) mass is 425 g/mol. The Kier molecular flexibility index (Phi) is 5.77. The number of aromatic amines is 1. The van der Waals surface area contributed by atoms with E-state index in [1.807, 2.05) is 29.6 Å². The van der Waals surface area contributed by atoms with Crippen molar-refractivity contribution in [3.63, 3.8) is 0 Å². The van der Waals surface area contributed by atoms with Crippen LogP contribution in [0.15, 0.2) is 57.8 Å². The molecule has 0 spiro atoms. The predicted octanol–water partition coefficient (Wildman–Crippen LogP) is 3.12. The Morgan fingerprint density at radius 2 is 2.10 bits per heavy atom. The lowest BCUT2D eigenvalue weighted by Crippen LogP contribution is -2.24. The Hall–Kier alpha value is -2.91. The van der Waals surface area contributed by atoms with Crippen LogP contribution in [0.5, 0.6) is 0 Å². The van der Waals surface area contributed by atoms with Gasteiger partial charge in [0.15, 0.2) is 0 Å². The summed E-state index contributed by atoms with van der Waals surface area (Å²) in [7, 11) is 0. The topological polar surface area (TPSA) is 92.1 Å². The number of fused-ring (bicyclic) bond motifs is 1. The fraction of sp³-hybridized carbons (Fsp3) is 0.200. The number of nitrogens with zero attached hydrogens (tertiary/aromatic N) is 3. The lowest BCUT2D eigenvalue weighted by atomic mass is 10.1. The Morgan fingerprint density at radius 1 is 1.28 bits per heavy atom. The molecule has 0 atom stereocenters. The minimum atomic E-state index is -0.319. The van der Waals surface area contributed by atoms with Gasteiger partial charge < -0.3 is 5.32 Å². The van der Waals surface area contributed by atoms with Crippen LogP contribution in [0.1, 0.15) is 17.4 Å². The number of benzene rings is 1. The van der Waals surface area contributed by atoms with Crippen molar-refractivity contribution < 1.29 is 4.79 Å². The fourth-order valence-electron chi connectivity index (χ4n) is 2.82. The summed E-state index contributed by atoms with van der Waals surface area (Å²) in [5.41, 5.74) is 2.93. The van der Waals surface area contributed by atoms with E-state index < -0.39 is 0 Å². The number of nitrogens with one attached hydrogen (secondary N) is 2. The number of amides is 1. The molecule has 0 fully saturated rings. The second-order valence-electron chi connectivity index (χ2n) is 6.36. The number of aryl methyl sites for hydroxylation is 1. The molecule has 1 aromatic carbocycles. The molecule has 0 bridgehead atoms. The molecule has 7 nitrogen and oxygen atoms in total. The zero-order valence-electron chi connectivity index (χ0n) is 15.7. The molecule has 1 amide bonds. The normalized spacial score (nSPS) is 11.1. The third kappa shape index (κ3) is 4.41. The zero-order valence-corrected chi connectivity index (χ0v) is 17.3. The van der Waals surface area contributed by atoms with Gasteiger partial charge in [0.1, 0.15) is 5.52 Å². The summed E-state index contributed by atoms with van der Waals surface area (Å²) in [6, 6.07) is 13.8. The van der Waals surface area contributed by atoms with Crippen molar-refractivity contribution in [3.8, 4) is 11.3 Å². The average molecular weight is 426 g/mol. The van der Waals surface area contributed by atoms with Gasteiger partial charge in [0, 0.05) is 10.4 Å². The van der Waals surface area contributed by atoms with Gasteiger partial charge in [0.05, 0.1) is 18.0 Å². The van der Waals surface area contributed by atoms with Crippen molar-refractivity contribution in [2.45, 2.75) is 25.0 Å². The smallest absolute Gasteiger partial charge is 0.290 e. The summed E-state index contributed by atoms with van der Waals surface area (Å²) in [5, 5.41) is 16.4. The van der Waals surface area contributed by atoms with E-state index in [1.165, 1.54) is 21.8 Å². The van der Waals surface area contributed by atoms with Crippen molar-refractivity contribution in [1.29, 1.82) is 0 Å². The van der Waals surface area contributed by atoms with Crippen LogP contribution in [0.25, 0.3) is 16.8 Å². The number of aromatic nitrogens is 4. The first-order chi connectivity index (χ1) is 14.1. The summed E-state index contributed by atoms with van der Waals surface area (Å²) in [6.45, 7) is 2.61. The summed E-state index contributed by atoms with van der Waals surface area (Å²) >= 11 is 2.83. The zero-order chi connectivity index (χ0) is 20.2. The quantitative estimate of drug-likeness (QED) is 0.444. The lowest BCUT2D eigenvalue weighted by molar-refractivity contribution is -0.118. The Labute approximate surface area is 175 Å². The van der Waals surface area contributed by atoms with E-state index >= 15 is 0 Å². The molecular weight excluding hydrogens is 406 g/mol. The lowest BCUT2D eigenvalue weighted by Gasteiger charge is -2.04. The average Bonchev–Trinajstić information content (AvgIpc) is 3.42. The van der Waals surface area contributed by atoms with Crippen LogP contribution < -0.4 is 10.9 Å². The first kappa shape index (κ1) is 19.4. The van der Waals surface area contributed by atoms with Gasteiger partial charge in [0.2, 0.25) is 11.1 Å². The molecule has 0 unspecified atom stereocenters. The maximum absolute atomic E-state index is 12.2. The Bertz CT molecular complexity index is 1180. The van der Waals surface area contributed by atoms with Crippen LogP contribution in [0, 0.1) is 0 Å². The van der Waals surface area contributed by atoms with Crippen molar-refractivity contribution in [3.05, 3.63) is 68.6 Å². The van der Waals surface area contributed by atoms with Gasteiger partial charge in [-0.25, -0.2) is 9.61 Å². The maximum atomic E-state index is 12.2. The van der Waals surface area contributed by atoms with Gasteiger partial charge in [-0.1, -0.05) is 49.0 Å². The minimum absolute atomic E-state index is 0.105. The molecule has 2 N–H and O–H groups in total. The SMILES string of the molecule is CCc1ccc(-c2cc3c(=O)[nH]nc(SCC(=O)NCc4cccs4)n3n2)cc1.